The van der Waals surface area contributed by atoms with Crippen LogP contribution in [0.25, 0.3) is 0 Å². The summed E-state index contributed by atoms with van der Waals surface area (Å²) < 4.78 is 23.5. The number of hydrogen-bond acceptors (Lipinski definition) is 10. The van der Waals surface area contributed by atoms with Crippen LogP contribution in [0.3, 0.4) is 0 Å². The molecule has 2 fully saturated rings. The summed E-state index contributed by atoms with van der Waals surface area (Å²) in [4.78, 5) is 37.9. The molecular weight excluding hydrogens is 547 g/mol. The number of benzene rings is 1. The fraction of sp³-hybridized carbons (Fsp3) is 0.577. The lowest BCUT2D eigenvalue weighted by Crippen LogP contribution is -2.54. The van der Waals surface area contributed by atoms with Gasteiger partial charge < -0.3 is 28.7 Å². The van der Waals surface area contributed by atoms with Gasteiger partial charge in [-0.25, -0.2) is 5.09 Å². The van der Waals surface area contributed by atoms with E-state index in [9.17, 15) is 24.6 Å². The van der Waals surface area contributed by atoms with Crippen molar-refractivity contribution in [3.63, 3.8) is 0 Å². The number of amides is 1. The second kappa shape index (κ2) is 12.6. The van der Waals surface area contributed by atoms with Gasteiger partial charge in [0.25, 0.3) is 0 Å². The number of nitrogens with one attached hydrogen (secondary N) is 1. The minimum Gasteiger partial charge on any atom is -0.461 e. The number of aliphatic hydroxyl groups excluding tert-OH is 1. The van der Waals surface area contributed by atoms with Crippen molar-refractivity contribution in [2.45, 2.75) is 88.6 Å². The van der Waals surface area contributed by atoms with Crippen molar-refractivity contribution >= 4 is 36.1 Å². The van der Waals surface area contributed by atoms with Gasteiger partial charge in [0.15, 0.2) is 12.0 Å². The first-order valence-corrected chi connectivity index (χ1v) is 15.7. The third-order valence-electron chi connectivity index (χ3n) is 6.96. The number of allylic oxidation sites excluding steroid dienone is 1. The van der Waals surface area contributed by atoms with E-state index in [1.165, 1.54) is 19.2 Å². The van der Waals surface area contributed by atoms with Crippen LogP contribution in [0.15, 0.2) is 42.6 Å². The predicted octanol–water partition coefficient (Wildman–Crippen LogP) is 2.31. The number of rotatable bonds is 10. The lowest BCUT2D eigenvalue weighted by molar-refractivity contribution is -0.158. The highest BCUT2D eigenvalue weighted by molar-refractivity contribution is 8.09. The zero-order valence-electron chi connectivity index (χ0n) is 21.9. The van der Waals surface area contributed by atoms with Gasteiger partial charge in [0.1, 0.15) is 35.7 Å². The highest BCUT2D eigenvalue weighted by atomic mass is 32.5. The van der Waals surface area contributed by atoms with Crippen LogP contribution in [0.1, 0.15) is 52.4 Å². The average Bonchev–Trinajstić information content (AvgIpc) is 3.12. The van der Waals surface area contributed by atoms with Crippen LogP contribution < -0.4 is 9.61 Å². The van der Waals surface area contributed by atoms with Crippen LogP contribution in [0.5, 0.6) is 5.75 Å². The summed E-state index contributed by atoms with van der Waals surface area (Å²) in [5.74, 6) is -0.990. The molecule has 1 unspecified atom stereocenters. The molecule has 1 saturated carbocycles. The molecule has 0 radical (unpaired) electrons. The minimum absolute atomic E-state index is 0.132. The maximum atomic E-state index is 12.8. The van der Waals surface area contributed by atoms with Crippen LogP contribution in [0, 0.1) is 0 Å². The Labute approximate surface area is 232 Å². The Balaban J connectivity index is 1.45. The zero-order chi connectivity index (χ0) is 28.2. The van der Waals surface area contributed by atoms with E-state index >= 15 is 0 Å². The van der Waals surface area contributed by atoms with Crippen LogP contribution in [0.4, 0.5) is 0 Å². The fourth-order valence-electron chi connectivity index (χ4n) is 4.75. The molecule has 1 saturated heterocycles. The maximum absolute atomic E-state index is 12.8. The molecule has 1 amide bonds. The third-order valence-corrected chi connectivity index (χ3v) is 9.46. The Kier molecular flexibility index (Phi) is 9.59. The van der Waals surface area contributed by atoms with Crippen LogP contribution in [-0.2, 0) is 40.2 Å². The van der Waals surface area contributed by atoms with Gasteiger partial charge in [0.05, 0.1) is 13.0 Å². The van der Waals surface area contributed by atoms with Crippen LogP contribution in [-0.4, -0.2) is 75.6 Å². The van der Waals surface area contributed by atoms with Crippen molar-refractivity contribution in [1.82, 2.24) is 9.99 Å². The van der Waals surface area contributed by atoms with Gasteiger partial charge in [0.2, 0.25) is 5.91 Å². The summed E-state index contributed by atoms with van der Waals surface area (Å²) in [6, 6.07) is 7.86. The second-order valence-electron chi connectivity index (χ2n) is 10.2. The molecule has 13 heteroatoms. The van der Waals surface area contributed by atoms with E-state index in [2.05, 4.69) is 5.09 Å². The molecule has 11 nitrogen and oxygen atoms in total. The number of hydrogen-bond donors (Lipinski definition) is 3. The van der Waals surface area contributed by atoms with E-state index in [0.29, 0.717) is 5.75 Å². The van der Waals surface area contributed by atoms with E-state index in [-0.39, 0.29) is 24.9 Å². The van der Waals surface area contributed by atoms with Crippen molar-refractivity contribution < 1.29 is 43.1 Å². The van der Waals surface area contributed by atoms with Crippen molar-refractivity contribution in [3.05, 3.63) is 42.6 Å². The van der Waals surface area contributed by atoms with Gasteiger partial charge in [-0.2, -0.15) is 0 Å². The predicted molar refractivity (Wildman–Crippen MR) is 144 cm³/mol. The van der Waals surface area contributed by atoms with E-state index in [1.54, 1.807) is 31.2 Å². The molecule has 6 atom stereocenters. The smallest absolute Gasteiger partial charge is 0.323 e. The molecular formula is C26H35N2O9PS. The quantitative estimate of drug-likeness (QED) is 0.212. The van der Waals surface area contributed by atoms with Crippen LogP contribution in [0.2, 0.25) is 0 Å². The highest BCUT2D eigenvalue weighted by Gasteiger charge is 2.56. The third kappa shape index (κ3) is 7.32. The highest BCUT2D eigenvalue weighted by Crippen LogP contribution is 2.46. The number of ether oxygens (including phenoxy) is 2. The van der Waals surface area contributed by atoms with Gasteiger partial charge in [-0.1, -0.05) is 24.6 Å². The molecule has 1 aromatic rings. The standard InChI is InChI=1S/C26H35N2O9PS/c1-17(24(32)35-19-9-5-3-6-10-19)27-38(39,37-20-11-7-4-8-12-20)34-16-21-23(31)26(2,33)25(36-21)28-14-13-18(29)15-22(28)30/h4,7-8,11-14,17,19,21,23,25,31,33H,3,5-6,9-10,15-16H2,1-2H3,(H,27,39)/t17-,21+,23+,25+,26+,38?/m0/s1. The van der Waals surface area contributed by atoms with E-state index in [4.69, 9.17) is 30.3 Å². The first-order chi connectivity index (χ1) is 18.5. The molecule has 0 bridgehead atoms. The second-order valence-corrected chi connectivity index (χ2v) is 13.3. The minimum atomic E-state index is -3.43. The molecule has 4 rings (SSSR count). The van der Waals surface area contributed by atoms with Crippen molar-refractivity contribution in [2.75, 3.05) is 6.61 Å². The normalized spacial score (nSPS) is 30.2. The Morgan fingerprint density at radius 2 is 1.95 bits per heavy atom. The van der Waals surface area contributed by atoms with E-state index in [0.717, 1.165) is 37.0 Å². The van der Waals surface area contributed by atoms with E-state index in [1.807, 2.05) is 6.07 Å². The maximum Gasteiger partial charge on any atom is 0.323 e. The molecule has 3 N–H and O–H groups in total. The Morgan fingerprint density at radius 1 is 1.26 bits per heavy atom. The number of para-hydroxylation sites is 1. The van der Waals surface area contributed by atoms with Gasteiger partial charge in [-0.15, -0.1) is 0 Å². The Bertz CT molecular complexity index is 1130. The number of aliphatic hydroxyl groups is 2. The molecule has 3 aliphatic rings. The fourth-order valence-corrected chi connectivity index (χ4v) is 7.17. The lowest BCUT2D eigenvalue weighted by Gasteiger charge is -2.34. The number of carbonyl (C=O) groups excluding carboxylic acids is 3. The molecule has 2 aliphatic heterocycles. The topological polar surface area (TPSA) is 144 Å². The molecule has 0 aromatic heterocycles. The van der Waals surface area contributed by atoms with Gasteiger partial charge in [-0.05, 0) is 69.5 Å². The first kappa shape index (κ1) is 29.8. The molecule has 1 aromatic carbocycles. The monoisotopic (exact) mass is 582 g/mol. The van der Waals surface area contributed by atoms with Crippen molar-refractivity contribution in [1.29, 1.82) is 0 Å². The van der Waals surface area contributed by atoms with Gasteiger partial charge >= 0.3 is 12.6 Å². The largest absolute Gasteiger partial charge is 0.461 e. The Morgan fingerprint density at radius 3 is 2.62 bits per heavy atom. The van der Waals surface area contributed by atoms with Crippen LogP contribution >= 0.6 is 6.64 Å². The average molecular weight is 583 g/mol. The summed E-state index contributed by atoms with van der Waals surface area (Å²) in [6.45, 7) is -0.803. The molecule has 2 heterocycles. The number of nitrogens with zero attached hydrogens (tertiary/aromatic N) is 1. The first-order valence-electron chi connectivity index (χ1n) is 13.0. The van der Waals surface area contributed by atoms with Crippen molar-refractivity contribution in [2.24, 2.45) is 0 Å². The molecule has 1 aliphatic carbocycles. The number of carbonyl (C=O) groups is 3. The SMILES string of the molecule is C[C@H](NP(=S)(OC[C@H]1O[C@@H](N2C=CC(=O)CC2=O)[C@](C)(O)[C@@H]1O)Oc1ccccc1)C(=O)OC1CCCCC1. The summed E-state index contributed by atoms with van der Waals surface area (Å²) in [6.07, 6.45) is 2.93. The summed E-state index contributed by atoms with van der Waals surface area (Å²) in [5.41, 5.74) is -1.87. The molecule has 39 heavy (non-hydrogen) atoms. The van der Waals surface area contributed by atoms with E-state index < -0.39 is 48.6 Å². The molecule has 0 spiro atoms. The molecule has 214 valence electrons. The Hall–Kier alpha value is -2.18. The summed E-state index contributed by atoms with van der Waals surface area (Å²) in [5, 5.41) is 24.8. The lowest BCUT2D eigenvalue weighted by atomic mass is 9.95. The van der Waals surface area contributed by atoms with Crippen molar-refractivity contribution in [3.8, 4) is 5.75 Å². The van der Waals surface area contributed by atoms with Gasteiger partial charge in [-0.3, -0.25) is 19.3 Å². The summed E-state index contributed by atoms with van der Waals surface area (Å²) in [7, 11) is 0. The number of ketones is 1. The summed E-state index contributed by atoms with van der Waals surface area (Å²) >= 11 is 5.74. The van der Waals surface area contributed by atoms with Gasteiger partial charge in [0, 0.05) is 6.20 Å². The zero-order valence-corrected chi connectivity index (χ0v) is 23.6. The number of esters is 1.